The van der Waals surface area contributed by atoms with Crippen molar-refractivity contribution in [3.8, 4) is 5.75 Å². The molecule has 0 aromatic heterocycles. The van der Waals surface area contributed by atoms with E-state index in [0.717, 1.165) is 74.7 Å². The minimum Gasteiger partial charge on any atom is -0.508 e. The van der Waals surface area contributed by atoms with E-state index in [9.17, 15) is 5.11 Å². The molecule has 3 saturated heterocycles. The molecule has 0 amide bonds. The number of likely N-dealkylation sites (tertiary alicyclic amines) is 1. The van der Waals surface area contributed by atoms with Gasteiger partial charge in [-0.15, -0.1) is 0 Å². The topological polar surface area (TPSA) is 45.2 Å². The highest BCUT2D eigenvalue weighted by Gasteiger charge is 2.41. The van der Waals surface area contributed by atoms with Crippen LogP contribution < -0.4 is 5.32 Å². The van der Waals surface area contributed by atoms with E-state index < -0.39 is 0 Å². The van der Waals surface area contributed by atoms with Crippen LogP contribution in [-0.2, 0) is 12.8 Å². The smallest absolute Gasteiger partial charge is 0.172 e. The molecule has 2 N–H and O–H groups in total. The Balaban J connectivity index is 1.16. The van der Waals surface area contributed by atoms with Gasteiger partial charge in [-0.2, -0.15) is 0 Å². The van der Waals surface area contributed by atoms with Gasteiger partial charge in [-0.05, 0) is 111 Å². The molecule has 4 aliphatic rings. The van der Waals surface area contributed by atoms with Crippen LogP contribution in [0, 0.1) is 11.8 Å². The minimum atomic E-state index is 0.334. The zero-order chi connectivity index (χ0) is 32.0. The van der Waals surface area contributed by atoms with Gasteiger partial charge in [0.25, 0.3) is 0 Å². The molecule has 2 aromatic rings. The van der Waals surface area contributed by atoms with Crippen molar-refractivity contribution in [3.05, 3.63) is 65.7 Å². The summed E-state index contributed by atoms with van der Waals surface area (Å²) >= 11 is 12.3. The van der Waals surface area contributed by atoms with Crippen molar-refractivity contribution in [2.24, 2.45) is 11.8 Å². The van der Waals surface area contributed by atoms with Gasteiger partial charge in [0.2, 0.25) is 0 Å². The first kappa shape index (κ1) is 33.5. The molecule has 2 aromatic carbocycles. The first-order valence-electron chi connectivity index (χ1n) is 18.0. The van der Waals surface area contributed by atoms with Crippen LogP contribution in [-0.4, -0.2) is 98.4 Å². The molecule has 8 heteroatoms. The van der Waals surface area contributed by atoms with E-state index in [4.69, 9.17) is 24.4 Å². The highest BCUT2D eigenvalue weighted by atomic mass is 32.1. The normalized spacial score (nSPS) is 25.2. The van der Waals surface area contributed by atoms with E-state index in [-0.39, 0.29) is 0 Å². The van der Waals surface area contributed by atoms with Crippen LogP contribution in [0.15, 0.2) is 54.6 Å². The van der Waals surface area contributed by atoms with Gasteiger partial charge in [0.1, 0.15) is 5.75 Å². The first-order valence-corrected chi connectivity index (χ1v) is 18.8. The van der Waals surface area contributed by atoms with Crippen LogP contribution in [0.1, 0.15) is 76.3 Å². The Hall–Kier alpha value is -2.42. The minimum absolute atomic E-state index is 0.334. The Morgan fingerprint density at radius 2 is 1.52 bits per heavy atom. The molecular formula is C38H55N5OS2. The number of nitrogens with one attached hydrogen (secondary N) is 1. The fourth-order valence-corrected chi connectivity index (χ4v) is 9.31. The van der Waals surface area contributed by atoms with E-state index >= 15 is 0 Å². The van der Waals surface area contributed by atoms with Gasteiger partial charge in [0.05, 0.1) is 12.1 Å². The molecule has 1 saturated carbocycles. The van der Waals surface area contributed by atoms with Crippen molar-refractivity contribution < 1.29 is 5.11 Å². The fourth-order valence-electron chi connectivity index (χ4n) is 8.55. The van der Waals surface area contributed by atoms with Gasteiger partial charge >= 0.3 is 0 Å². The lowest BCUT2D eigenvalue weighted by Crippen LogP contribution is -2.51. The second-order valence-electron chi connectivity index (χ2n) is 14.9. The Morgan fingerprint density at radius 1 is 0.804 bits per heavy atom. The first-order chi connectivity index (χ1) is 22.3. The molecule has 3 heterocycles. The molecule has 0 bridgehead atoms. The van der Waals surface area contributed by atoms with Crippen molar-refractivity contribution in [1.82, 2.24) is 24.9 Å². The van der Waals surface area contributed by atoms with Crippen LogP contribution in [0.3, 0.4) is 0 Å². The van der Waals surface area contributed by atoms with Crippen molar-refractivity contribution in [2.45, 2.75) is 102 Å². The molecule has 3 aliphatic heterocycles. The highest BCUT2D eigenvalue weighted by molar-refractivity contribution is 7.80. The third kappa shape index (κ3) is 8.35. The predicted octanol–water partition coefficient (Wildman–Crippen LogP) is 6.47. The lowest BCUT2D eigenvalue weighted by Gasteiger charge is -2.38. The van der Waals surface area contributed by atoms with Crippen molar-refractivity contribution >= 4 is 34.7 Å². The highest BCUT2D eigenvalue weighted by Crippen LogP contribution is 2.32. The van der Waals surface area contributed by atoms with Crippen LogP contribution in [0.4, 0.5) is 0 Å². The largest absolute Gasteiger partial charge is 0.508 e. The zero-order valence-corrected chi connectivity index (χ0v) is 29.7. The summed E-state index contributed by atoms with van der Waals surface area (Å²) in [5, 5.41) is 15.4. The maximum absolute atomic E-state index is 9.91. The maximum atomic E-state index is 9.91. The van der Waals surface area contributed by atoms with Crippen LogP contribution in [0.2, 0.25) is 0 Å². The Bertz CT molecular complexity index is 1280. The number of rotatable bonds is 13. The number of hydrogen-bond acceptors (Lipinski definition) is 4. The standard InChI is InChI=1S/C38H55N5OS2/c1-28(2)20-34(25-40-19-9-14-32(40)26-41-33(23-39-37(41)45)21-29-10-5-3-6-11-29)43-27-35(22-30-15-17-36(44)18-16-30)42(38(43)46)24-31-12-7-4-8-13-31/h3,5-6,10-11,15-18,28,31-35,44H,4,7-9,12-14,19-27H2,1-2H3,(H,39,45)/t32?,33-,34-,35-/m0/s1. The van der Waals surface area contributed by atoms with Crippen molar-refractivity contribution in [1.29, 1.82) is 0 Å². The summed E-state index contributed by atoms with van der Waals surface area (Å²) in [5.41, 5.74) is 2.66. The molecule has 0 spiro atoms. The summed E-state index contributed by atoms with van der Waals surface area (Å²) < 4.78 is 0. The summed E-state index contributed by atoms with van der Waals surface area (Å²) in [6.07, 6.45) is 12.4. The van der Waals surface area contributed by atoms with E-state index in [1.54, 1.807) is 0 Å². The average Bonchev–Trinajstić information content (AvgIpc) is 3.73. The van der Waals surface area contributed by atoms with Gasteiger partial charge in [0.15, 0.2) is 10.2 Å². The lowest BCUT2D eigenvalue weighted by molar-refractivity contribution is 0.149. The Labute approximate surface area is 288 Å². The lowest BCUT2D eigenvalue weighted by atomic mass is 9.88. The van der Waals surface area contributed by atoms with Crippen LogP contribution in [0.25, 0.3) is 0 Å². The number of phenols is 1. The zero-order valence-electron chi connectivity index (χ0n) is 28.0. The van der Waals surface area contributed by atoms with Gasteiger partial charge in [0, 0.05) is 44.8 Å². The third-order valence-corrected chi connectivity index (χ3v) is 11.8. The number of aromatic hydroxyl groups is 1. The second kappa shape index (κ2) is 15.7. The predicted molar refractivity (Wildman–Crippen MR) is 197 cm³/mol. The summed E-state index contributed by atoms with van der Waals surface area (Å²) in [4.78, 5) is 10.5. The fraction of sp³-hybridized carbons (Fsp3) is 0.632. The maximum Gasteiger partial charge on any atom is 0.172 e. The van der Waals surface area contributed by atoms with Crippen molar-refractivity contribution in [2.75, 3.05) is 39.3 Å². The van der Waals surface area contributed by atoms with E-state index in [1.165, 1.54) is 56.1 Å². The van der Waals surface area contributed by atoms with Gasteiger partial charge in [-0.1, -0.05) is 75.6 Å². The van der Waals surface area contributed by atoms with Gasteiger partial charge in [-0.3, -0.25) is 4.90 Å². The van der Waals surface area contributed by atoms with Gasteiger partial charge in [-0.25, -0.2) is 0 Å². The molecule has 6 nitrogen and oxygen atoms in total. The molecule has 250 valence electrons. The molecule has 4 fully saturated rings. The average molecular weight is 662 g/mol. The van der Waals surface area contributed by atoms with E-state index in [1.807, 2.05) is 12.1 Å². The second-order valence-corrected chi connectivity index (χ2v) is 15.6. The molecule has 4 atom stereocenters. The van der Waals surface area contributed by atoms with Crippen LogP contribution in [0.5, 0.6) is 5.75 Å². The molecule has 1 aliphatic carbocycles. The number of benzene rings is 2. The number of hydrogen-bond donors (Lipinski definition) is 2. The summed E-state index contributed by atoms with van der Waals surface area (Å²) in [5.74, 6) is 1.67. The van der Waals surface area contributed by atoms with Crippen LogP contribution >= 0.6 is 24.4 Å². The molecular weight excluding hydrogens is 607 g/mol. The quantitative estimate of drug-likeness (QED) is 0.237. The van der Waals surface area contributed by atoms with E-state index in [2.05, 4.69) is 81.2 Å². The third-order valence-electron chi connectivity index (χ3n) is 11.0. The number of nitrogens with zero attached hydrogens (tertiary/aromatic N) is 4. The molecule has 1 unspecified atom stereocenters. The Kier molecular flexibility index (Phi) is 11.4. The molecule has 0 radical (unpaired) electrons. The van der Waals surface area contributed by atoms with Gasteiger partial charge < -0.3 is 25.1 Å². The number of phenolic OH excluding ortho intramolecular Hbond substituents is 1. The monoisotopic (exact) mass is 661 g/mol. The number of thiocarbonyl (C=S) groups is 2. The Morgan fingerprint density at radius 3 is 2.26 bits per heavy atom. The summed E-state index contributed by atoms with van der Waals surface area (Å²) in [7, 11) is 0. The summed E-state index contributed by atoms with van der Waals surface area (Å²) in [6.45, 7) is 10.9. The SMILES string of the molecule is CC(C)C[C@@H](CN1CCCC1CN1C(=S)NC[C@@H]1Cc1ccccc1)N1C[C@H](Cc2ccc(O)cc2)N(CC2CCCCC2)C1=S. The molecule has 46 heavy (non-hydrogen) atoms. The van der Waals surface area contributed by atoms with Crippen molar-refractivity contribution in [3.63, 3.8) is 0 Å². The molecule has 6 rings (SSSR count). The van der Waals surface area contributed by atoms with E-state index in [0.29, 0.717) is 35.8 Å². The summed E-state index contributed by atoms with van der Waals surface area (Å²) in [6, 6.07) is 20.4.